The van der Waals surface area contributed by atoms with Crippen molar-refractivity contribution < 1.29 is 19.2 Å². The molecule has 9 nitrogen and oxygen atoms in total. The second-order valence-corrected chi connectivity index (χ2v) is 9.85. The van der Waals surface area contributed by atoms with Crippen molar-refractivity contribution in [2.75, 3.05) is 32.7 Å². The van der Waals surface area contributed by atoms with Crippen LogP contribution in [-0.4, -0.2) is 76.8 Å². The Hall–Kier alpha value is -2.16. The lowest BCUT2D eigenvalue weighted by Gasteiger charge is -2.34. The van der Waals surface area contributed by atoms with Crippen molar-refractivity contribution in [2.24, 2.45) is 5.92 Å². The fourth-order valence-electron chi connectivity index (χ4n) is 5.61. The highest BCUT2D eigenvalue weighted by Gasteiger charge is 2.52. The van der Waals surface area contributed by atoms with E-state index < -0.39 is 11.6 Å². The molecule has 32 heavy (non-hydrogen) atoms. The number of hydrazine groups is 1. The molecule has 0 radical (unpaired) electrons. The van der Waals surface area contributed by atoms with Crippen LogP contribution in [0.2, 0.25) is 0 Å². The maximum atomic E-state index is 12.8. The van der Waals surface area contributed by atoms with Gasteiger partial charge in [0.15, 0.2) is 0 Å². The third kappa shape index (κ3) is 5.08. The standard InChI is InChI=1S/C23H37N5O4/c29-19(25-28-21(31)23(24-22(28)32)11-4-3-5-12-23)10-17-26-15-8-18(9-16-26)20(30)27-13-6-1-2-7-14-27/h18H,1-17H2,(H,24,32)(H,25,29). The minimum atomic E-state index is -0.829. The maximum Gasteiger partial charge on any atom is 0.344 e. The number of imide groups is 1. The highest BCUT2D eigenvalue weighted by atomic mass is 16.2. The first-order valence-corrected chi connectivity index (χ1v) is 12.5. The van der Waals surface area contributed by atoms with E-state index in [0.717, 1.165) is 76.1 Å². The van der Waals surface area contributed by atoms with Crippen molar-refractivity contribution in [3.63, 3.8) is 0 Å². The first-order valence-electron chi connectivity index (χ1n) is 12.5. The molecule has 0 aromatic heterocycles. The average Bonchev–Trinajstić information content (AvgIpc) is 3.01. The Morgan fingerprint density at radius 1 is 0.906 bits per heavy atom. The van der Waals surface area contributed by atoms with Crippen LogP contribution in [0.5, 0.6) is 0 Å². The van der Waals surface area contributed by atoms with Gasteiger partial charge in [0.2, 0.25) is 11.8 Å². The molecule has 0 unspecified atom stereocenters. The van der Waals surface area contributed by atoms with Gasteiger partial charge in [0.25, 0.3) is 5.91 Å². The minimum absolute atomic E-state index is 0.0933. The number of nitrogens with zero attached hydrogens (tertiary/aromatic N) is 3. The number of piperidine rings is 1. The van der Waals surface area contributed by atoms with E-state index in [4.69, 9.17) is 0 Å². The Labute approximate surface area is 190 Å². The lowest BCUT2D eigenvalue weighted by Crippen LogP contribution is -2.51. The van der Waals surface area contributed by atoms with Gasteiger partial charge in [-0.2, -0.15) is 5.01 Å². The number of likely N-dealkylation sites (tertiary alicyclic amines) is 2. The summed E-state index contributed by atoms with van der Waals surface area (Å²) in [6.45, 7) is 3.94. The molecule has 1 spiro atoms. The van der Waals surface area contributed by atoms with E-state index in [0.29, 0.717) is 25.3 Å². The van der Waals surface area contributed by atoms with Gasteiger partial charge in [0, 0.05) is 32.0 Å². The zero-order chi connectivity index (χ0) is 22.6. The topological polar surface area (TPSA) is 102 Å². The van der Waals surface area contributed by atoms with Crippen LogP contribution in [0.3, 0.4) is 0 Å². The molecule has 3 saturated heterocycles. The third-order valence-corrected chi connectivity index (χ3v) is 7.62. The molecule has 0 bridgehead atoms. The molecule has 3 heterocycles. The van der Waals surface area contributed by atoms with Gasteiger partial charge in [-0.25, -0.2) is 4.79 Å². The number of nitrogens with one attached hydrogen (secondary N) is 2. The Balaban J connectivity index is 1.19. The summed E-state index contributed by atoms with van der Waals surface area (Å²) in [6.07, 6.45) is 10.7. The van der Waals surface area contributed by atoms with Crippen molar-refractivity contribution in [3.8, 4) is 0 Å². The fraction of sp³-hybridized carbons (Fsp3) is 0.826. The molecule has 2 N–H and O–H groups in total. The normalized spacial score (nSPS) is 25.0. The lowest BCUT2D eigenvalue weighted by molar-refractivity contribution is -0.140. The molecule has 0 atom stereocenters. The summed E-state index contributed by atoms with van der Waals surface area (Å²) < 4.78 is 0. The van der Waals surface area contributed by atoms with Crippen LogP contribution in [0.25, 0.3) is 0 Å². The summed E-state index contributed by atoms with van der Waals surface area (Å²) in [5.41, 5.74) is 1.68. The van der Waals surface area contributed by atoms with E-state index in [9.17, 15) is 19.2 Å². The van der Waals surface area contributed by atoms with Gasteiger partial charge in [-0.1, -0.05) is 32.1 Å². The Morgan fingerprint density at radius 3 is 2.19 bits per heavy atom. The second kappa shape index (κ2) is 10.2. The SMILES string of the molecule is O=C(CCN1CCC(C(=O)N2CCCCCC2)CC1)NN1C(=O)NC2(CCCCC2)C1=O. The van der Waals surface area contributed by atoms with Crippen molar-refractivity contribution in [1.82, 2.24) is 25.6 Å². The number of hydrogen-bond donors (Lipinski definition) is 2. The number of carbonyl (C=O) groups is 4. The molecule has 0 aromatic rings. The molecule has 178 valence electrons. The van der Waals surface area contributed by atoms with Gasteiger partial charge in [-0.3, -0.25) is 19.8 Å². The molecular formula is C23H37N5O4. The highest BCUT2D eigenvalue weighted by molar-refractivity contribution is 6.08. The van der Waals surface area contributed by atoms with Gasteiger partial charge in [-0.15, -0.1) is 0 Å². The first-order chi connectivity index (χ1) is 15.5. The van der Waals surface area contributed by atoms with Crippen molar-refractivity contribution in [1.29, 1.82) is 0 Å². The van der Waals surface area contributed by atoms with E-state index >= 15 is 0 Å². The smallest absolute Gasteiger partial charge is 0.342 e. The summed E-state index contributed by atoms with van der Waals surface area (Å²) in [7, 11) is 0. The molecular weight excluding hydrogens is 410 g/mol. The second-order valence-electron chi connectivity index (χ2n) is 9.85. The number of hydrogen-bond acceptors (Lipinski definition) is 5. The summed E-state index contributed by atoms with van der Waals surface area (Å²) in [5, 5.41) is 3.68. The average molecular weight is 448 g/mol. The fourth-order valence-corrected chi connectivity index (χ4v) is 5.61. The largest absolute Gasteiger partial charge is 0.344 e. The maximum absolute atomic E-state index is 12.8. The van der Waals surface area contributed by atoms with Gasteiger partial charge in [0.1, 0.15) is 5.54 Å². The van der Waals surface area contributed by atoms with Crippen molar-refractivity contribution in [3.05, 3.63) is 0 Å². The van der Waals surface area contributed by atoms with Crippen LogP contribution in [0.1, 0.15) is 77.0 Å². The number of rotatable bonds is 5. The van der Waals surface area contributed by atoms with E-state index in [1.165, 1.54) is 12.8 Å². The van der Waals surface area contributed by atoms with Gasteiger partial charge in [-0.05, 0) is 51.6 Å². The van der Waals surface area contributed by atoms with E-state index in [1.807, 2.05) is 0 Å². The van der Waals surface area contributed by atoms with Crippen LogP contribution in [0, 0.1) is 5.92 Å². The molecule has 5 amide bonds. The summed E-state index contributed by atoms with van der Waals surface area (Å²) >= 11 is 0. The quantitative estimate of drug-likeness (QED) is 0.626. The zero-order valence-electron chi connectivity index (χ0n) is 19.1. The number of amides is 5. The monoisotopic (exact) mass is 447 g/mol. The van der Waals surface area contributed by atoms with Crippen LogP contribution < -0.4 is 10.7 Å². The van der Waals surface area contributed by atoms with Crippen molar-refractivity contribution in [2.45, 2.75) is 82.6 Å². The first kappa shape index (κ1) is 23.0. The van der Waals surface area contributed by atoms with Crippen molar-refractivity contribution >= 4 is 23.8 Å². The lowest BCUT2D eigenvalue weighted by atomic mass is 9.82. The summed E-state index contributed by atoms with van der Waals surface area (Å²) in [6, 6.07) is -0.530. The van der Waals surface area contributed by atoms with Crippen LogP contribution in [0.4, 0.5) is 4.79 Å². The molecule has 0 aromatic carbocycles. The van der Waals surface area contributed by atoms with E-state index in [1.54, 1.807) is 0 Å². The molecule has 1 saturated carbocycles. The minimum Gasteiger partial charge on any atom is -0.342 e. The third-order valence-electron chi connectivity index (χ3n) is 7.62. The molecule has 4 rings (SSSR count). The van der Waals surface area contributed by atoms with Gasteiger partial charge < -0.3 is 15.1 Å². The van der Waals surface area contributed by atoms with Gasteiger partial charge in [0.05, 0.1) is 0 Å². The van der Waals surface area contributed by atoms with Crippen LogP contribution >= 0.6 is 0 Å². The Kier molecular flexibility index (Phi) is 7.33. The number of carbonyl (C=O) groups excluding carboxylic acids is 4. The molecule has 4 fully saturated rings. The molecule has 3 aliphatic heterocycles. The Bertz CT molecular complexity index is 720. The predicted octanol–water partition coefficient (Wildman–Crippen LogP) is 1.78. The molecule has 4 aliphatic rings. The number of urea groups is 1. The van der Waals surface area contributed by atoms with E-state index in [2.05, 4.69) is 20.5 Å². The van der Waals surface area contributed by atoms with Crippen LogP contribution in [-0.2, 0) is 14.4 Å². The summed E-state index contributed by atoms with van der Waals surface area (Å²) in [5.74, 6) is -0.261. The highest BCUT2D eigenvalue weighted by Crippen LogP contribution is 2.33. The predicted molar refractivity (Wildman–Crippen MR) is 118 cm³/mol. The molecule has 1 aliphatic carbocycles. The zero-order valence-corrected chi connectivity index (χ0v) is 19.1. The molecule has 9 heteroatoms. The Morgan fingerprint density at radius 2 is 1.53 bits per heavy atom. The van der Waals surface area contributed by atoms with Crippen LogP contribution in [0.15, 0.2) is 0 Å². The summed E-state index contributed by atoms with van der Waals surface area (Å²) in [4.78, 5) is 54.6. The van der Waals surface area contributed by atoms with E-state index in [-0.39, 0.29) is 24.2 Å². The van der Waals surface area contributed by atoms with Gasteiger partial charge >= 0.3 is 6.03 Å².